The Balaban J connectivity index is 1.97. The van der Waals surface area contributed by atoms with E-state index in [0.717, 1.165) is 19.5 Å². The van der Waals surface area contributed by atoms with Crippen LogP contribution in [0.1, 0.15) is 18.9 Å². The van der Waals surface area contributed by atoms with Crippen molar-refractivity contribution >= 4 is 5.78 Å². The highest BCUT2D eigenvalue weighted by atomic mass is 16.1. The van der Waals surface area contributed by atoms with Gasteiger partial charge in [0.1, 0.15) is 5.78 Å². The molecule has 1 aliphatic heterocycles. The molecule has 0 aromatic heterocycles. The van der Waals surface area contributed by atoms with Crippen LogP contribution in [0.4, 0.5) is 0 Å². The minimum Gasteiger partial charge on any atom is -0.298 e. The fourth-order valence-electron chi connectivity index (χ4n) is 2.23. The Morgan fingerprint density at radius 1 is 1.33 bits per heavy atom. The van der Waals surface area contributed by atoms with Crippen molar-refractivity contribution in [2.24, 2.45) is 5.92 Å². The summed E-state index contributed by atoms with van der Waals surface area (Å²) >= 11 is 0. The SMILES string of the molecule is CC1CC(=O)CN(Cc2ccccc2)C1. The van der Waals surface area contributed by atoms with Crippen LogP contribution in [0, 0.1) is 5.92 Å². The van der Waals surface area contributed by atoms with Crippen LogP contribution < -0.4 is 0 Å². The molecule has 0 spiro atoms. The number of rotatable bonds is 2. The molecule has 0 amide bonds. The number of likely N-dealkylation sites (tertiary alicyclic amines) is 1. The molecule has 1 heterocycles. The van der Waals surface area contributed by atoms with Gasteiger partial charge in [-0.25, -0.2) is 0 Å². The first-order valence-electron chi connectivity index (χ1n) is 5.52. The van der Waals surface area contributed by atoms with Crippen LogP contribution >= 0.6 is 0 Å². The van der Waals surface area contributed by atoms with Crippen molar-refractivity contribution in [1.82, 2.24) is 4.90 Å². The highest BCUT2D eigenvalue weighted by molar-refractivity contribution is 5.81. The lowest BCUT2D eigenvalue weighted by Gasteiger charge is -2.29. The quantitative estimate of drug-likeness (QED) is 0.733. The minimum absolute atomic E-state index is 0.379. The van der Waals surface area contributed by atoms with Gasteiger partial charge in [-0.15, -0.1) is 0 Å². The van der Waals surface area contributed by atoms with Crippen LogP contribution in [0.3, 0.4) is 0 Å². The average Bonchev–Trinajstić information content (AvgIpc) is 2.17. The van der Waals surface area contributed by atoms with Crippen molar-refractivity contribution < 1.29 is 4.79 Å². The van der Waals surface area contributed by atoms with E-state index < -0.39 is 0 Å². The zero-order valence-corrected chi connectivity index (χ0v) is 9.15. The first-order chi connectivity index (χ1) is 7.24. The number of hydrogen-bond donors (Lipinski definition) is 0. The van der Waals surface area contributed by atoms with Gasteiger partial charge in [-0.3, -0.25) is 9.69 Å². The molecular weight excluding hydrogens is 186 g/mol. The normalized spacial score (nSPS) is 23.0. The molecule has 0 bridgehead atoms. The van der Waals surface area contributed by atoms with Crippen molar-refractivity contribution in [3.8, 4) is 0 Å². The van der Waals surface area contributed by atoms with E-state index in [1.807, 2.05) is 18.2 Å². The van der Waals surface area contributed by atoms with E-state index in [1.165, 1.54) is 5.56 Å². The lowest BCUT2D eigenvalue weighted by molar-refractivity contribution is -0.123. The topological polar surface area (TPSA) is 20.3 Å². The molecule has 0 saturated carbocycles. The van der Waals surface area contributed by atoms with E-state index in [0.29, 0.717) is 18.2 Å². The molecule has 1 aromatic carbocycles. The molecule has 1 aromatic rings. The van der Waals surface area contributed by atoms with Crippen molar-refractivity contribution in [3.05, 3.63) is 35.9 Å². The Morgan fingerprint density at radius 2 is 2.07 bits per heavy atom. The molecule has 2 heteroatoms. The number of ketones is 1. The van der Waals surface area contributed by atoms with Gasteiger partial charge in [0.2, 0.25) is 0 Å². The zero-order valence-electron chi connectivity index (χ0n) is 9.15. The third-order valence-corrected chi connectivity index (χ3v) is 2.79. The summed E-state index contributed by atoms with van der Waals surface area (Å²) in [5.41, 5.74) is 1.29. The molecule has 1 aliphatic rings. The highest BCUT2D eigenvalue weighted by Crippen LogP contribution is 2.15. The molecule has 15 heavy (non-hydrogen) atoms. The van der Waals surface area contributed by atoms with E-state index >= 15 is 0 Å². The van der Waals surface area contributed by atoms with Crippen LogP contribution in [0.25, 0.3) is 0 Å². The monoisotopic (exact) mass is 203 g/mol. The second-order valence-electron chi connectivity index (χ2n) is 4.50. The number of carbonyl (C=O) groups is 1. The third kappa shape index (κ3) is 2.90. The first kappa shape index (κ1) is 10.4. The number of nitrogens with zero attached hydrogens (tertiary/aromatic N) is 1. The Morgan fingerprint density at radius 3 is 2.73 bits per heavy atom. The van der Waals surface area contributed by atoms with Gasteiger partial charge in [0.15, 0.2) is 0 Å². The Kier molecular flexibility index (Phi) is 3.17. The van der Waals surface area contributed by atoms with Crippen LogP contribution in [-0.2, 0) is 11.3 Å². The summed E-state index contributed by atoms with van der Waals surface area (Å²) < 4.78 is 0. The summed E-state index contributed by atoms with van der Waals surface area (Å²) in [7, 11) is 0. The van der Waals surface area contributed by atoms with Gasteiger partial charge in [0, 0.05) is 19.5 Å². The summed E-state index contributed by atoms with van der Waals surface area (Å²) in [6.45, 7) is 4.71. The molecule has 80 valence electrons. The van der Waals surface area contributed by atoms with Crippen LogP contribution in [0.2, 0.25) is 0 Å². The van der Waals surface area contributed by atoms with Crippen molar-refractivity contribution in [2.45, 2.75) is 19.9 Å². The number of Topliss-reactive ketones (excluding diaryl/α,β-unsaturated/α-hetero) is 1. The number of hydrogen-bond acceptors (Lipinski definition) is 2. The van der Waals surface area contributed by atoms with Crippen LogP contribution in [0.15, 0.2) is 30.3 Å². The molecule has 2 rings (SSSR count). The van der Waals surface area contributed by atoms with Gasteiger partial charge < -0.3 is 0 Å². The molecule has 1 saturated heterocycles. The summed E-state index contributed by atoms with van der Waals surface area (Å²) in [5.74, 6) is 0.889. The highest BCUT2D eigenvalue weighted by Gasteiger charge is 2.21. The second-order valence-corrected chi connectivity index (χ2v) is 4.50. The molecule has 0 aliphatic carbocycles. The van der Waals surface area contributed by atoms with Gasteiger partial charge in [0.25, 0.3) is 0 Å². The molecule has 1 unspecified atom stereocenters. The van der Waals surface area contributed by atoms with Crippen molar-refractivity contribution in [1.29, 1.82) is 0 Å². The van der Waals surface area contributed by atoms with Crippen LogP contribution in [0.5, 0.6) is 0 Å². The lowest BCUT2D eigenvalue weighted by Crippen LogP contribution is -2.39. The second kappa shape index (κ2) is 4.58. The first-order valence-corrected chi connectivity index (χ1v) is 5.52. The predicted molar refractivity (Wildman–Crippen MR) is 60.5 cm³/mol. The molecule has 2 nitrogen and oxygen atoms in total. The number of piperidine rings is 1. The van der Waals surface area contributed by atoms with E-state index in [1.54, 1.807) is 0 Å². The Hall–Kier alpha value is -1.15. The Bertz CT molecular complexity index is 334. The fourth-order valence-corrected chi connectivity index (χ4v) is 2.23. The fraction of sp³-hybridized carbons (Fsp3) is 0.462. The molecule has 0 radical (unpaired) electrons. The maximum absolute atomic E-state index is 11.4. The van der Waals surface area contributed by atoms with E-state index in [-0.39, 0.29) is 0 Å². The van der Waals surface area contributed by atoms with Crippen molar-refractivity contribution in [3.63, 3.8) is 0 Å². The molecule has 1 atom stereocenters. The minimum atomic E-state index is 0.379. The van der Waals surface area contributed by atoms with Gasteiger partial charge in [-0.1, -0.05) is 37.3 Å². The molecule has 1 fully saturated rings. The summed E-state index contributed by atoms with van der Waals surface area (Å²) in [6.07, 6.45) is 0.755. The molecule has 0 N–H and O–H groups in total. The third-order valence-electron chi connectivity index (χ3n) is 2.79. The summed E-state index contributed by atoms with van der Waals surface area (Å²) in [6, 6.07) is 10.3. The Labute approximate surface area is 90.9 Å². The average molecular weight is 203 g/mol. The predicted octanol–water partition coefficient (Wildman–Crippen LogP) is 2.10. The van der Waals surface area contributed by atoms with E-state index in [2.05, 4.69) is 24.0 Å². The zero-order chi connectivity index (χ0) is 10.7. The van der Waals surface area contributed by atoms with E-state index in [4.69, 9.17) is 0 Å². The van der Waals surface area contributed by atoms with Crippen LogP contribution in [-0.4, -0.2) is 23.8 Å². The summed E-state index contributed by atoms with van der Waals surface area (Å²) in [4.78, 5) is 13.7. The standard InChI is InChI=1S/C13H17NO/c1-11-7-13(15)10-14(8-11)9-12-5-3-2-4-6-12/h2-6,11H,7-10H2,1H3. The lowest BCUT2D eigenvalue weighted by atomic mass is 9.99. The van der Waals surface area contributed by atoms with E-state index in [9.17, 15) is 4.79 Å². The maximum atomic E-state index is 11.4. The smallest absolute Gasteiger partial charge is 0.147 e. The number of carbonyl (C=O) groups excluding carboxylic acids is 1. The largest absolute Gasteiger partial charge is 0.298 e. The maximum Gasteiger partial charge on any atom is 0.147 e. The molecular formula is C13H17NO. The summed E-state index contributed by atoms with van der Waals surface area (Å²) in [5, 5.41) is 0. The van der Waals surface area contributed by atoms with Crippen molar-refractivity contribution in [2.75, 3.05) is 13.1 Å². The van der Waals surface area contributed by atoms with Gasteiger partial charge >= 0.3 is 0 Å². The number of benzene rings is 1. The van der Waals surface area contributed by atoms with Gasteiger partial charge in [-0.05, 0) is 11.5 Å². The van der Waals surface area contributed by atoms with Gasteiger partial charge in [0.05, 0.1) is 6.54 Å². The van der Waals surface area contributed by atoms with Gasteiger partial charge in [-0.2, -0.15) is 0 Å².